The third-order valence-electron chi connectivity index (χ3n) is 1.25. The Morgan fingerprint density at radius 3 is 1.17 bits per heavy atom. The summed E-state index contributed by atoms with van der Waals surface area (Å²) in [6, 6.07) is 0. The zero-order valence-electron chi connectivity index (χ0n) is 8.03. The summed E-state index contributed by atoms with van der Waals surface area (Å²) in [4.78, 5) is 1.79. The van der Waals surface area contributed by atoms with Crippen molar-refractivity contribution in [2.24, 2.45) is 0 Å². The SMILES string of the molecule is OCCN(CCO)CCO.[NH4+].[Na+]. The van der Waals surface area contributed by atoms with Crippen LogP contribution in [0.4, 0.5) is 0 Å². The first-order valence-electron chi connectivity index (χ1n) is 3.40. The number of aliphatic hydroxyl groups excluding tert-OH is 3. The maximum Gasteiger partial charge on any atom is 1.00 e. The summed E-state index contributed by atoms with van der Waals surface area (Å²) in [5, 5.41) is 25.5. The van der Waals surface area contributed by atoms with Gasteiger partial charge in [-0.15, -0.1) is 0 Å². The molecule has 5 nitrogen and oxygen atoms in total. The van der Waals surface area contributed by atoms with Crippen LogP contribution in [0.3, 0.4) is 0 Å². The molecule has 0 aliphatic carbocycles. The van der Waals surface area contributed by atoms with Gasteiger partial charge in [-0.3, -0.25) is 4.90 Å². The molecule has 7 N–H and O–H groups in total. The molecule has 0 heterocycles. The summed E-state index contributed by atoms with van der Waals surface area (Å²) < 4.78 is 0. The van der Waals surface area contributed by atoms with Crippen molar-refractivity contribution < 1.29 is 44.9 Å². The quantitative estimate of drug-likeness (QED) is 0.318. The van der Waals surface area contributed by atoms with Crippen molar-refractivity contribution in [2.75, 3.05) is 39.5 Å². The van der Waals surface area contributed by atoms with Crippen molar-refractivity contribution in [3.05, 3.63) is 0 Å². The fourth-order valence-electron chi connectivity index (χ4n) is 0.760. The van der Waals surface area contributed by atoms with Gasteiger partial charge in [0, 0.05) is 19.6 Å². The van der Waals surface area contributed by atoms with Crippen LogP contribution < -0.4 is 35.7 Å². The monoisotopic (exact) mass is 190 g/mol. The fourth-order valence-corrected chi connectivity index (χ4v) is 0.760. The largest absolute Gasteiger partial charge is 1.00 e. The molecule has 0 rings (SSSR count). The van der Waals surface area contributed by atoms with Gasteiger partial charge in [-0.1, -0.05) is 0 Å². The minimum atomic E-state index is 0. The van der Waals surface area contributed by atoms with E-state index in [1.165, 1.54) is 0 Å². The van der Waals surface area contributed by atoms with Crippen LogP contribution >= 0.6 is 0 Å². The first-order valence-corrected chi connectivity index (χ1v) is 3.40. The van der Waals surface area contributed by atoms with Gasteiger partial charge in [-0.05, 0) is 0 Å². The molecule has 0 saturated carbocycles. The fraction of sp³-hybridized carbons (Fsp3) is 1.00. The van der Waals surface area contributed by atoms with E-state index in [9.17, 15) is 0 Å². The molecule has 0 atom stereocenters. The molecule has 0 aliphatic rings. The molecule has 0 fully saturated rings. The maximum absolute atomic E-state index is 8.48. The Bertz CT molecular complexity index is 63.5. The van der Waals surface area contributed by atoms with Gasteiger partial charge >= 0.3 is 29.6 Å². The van der Waals surface area contributed by atoms with Crippen LogP contribution in [0.25, 0.3) is 0 Å². The minimum absolute atomic E-state index is 0. The zero-order valence-corrected chi connectivity index (χ0v) is 10.0. The van der Waals surface area contributed by atoms with Crippen LogP contribution in [0, 0.1) is 0 Å². The van der Waals surface area contributed by atoms with E-state index in [2.05, 4.69) is 0 Å². The van der Waals surface area contributed by atoms with Gasteiger partial charge in [-0.2, -0.15) is 0 Å². The summed E-state index contributed by atoms with van der Waals surface area (Å²) >= 11 is 0. The van der Waals surface area contributed by atoms with Gasteiger partial charge in [0.25, 0.3) is 0 Å². The van der Waals surface area contributed by atoms with E-state index in [-0.39, 0.29) is 55.5 Å². The number of quaternary nitrogens is 1. The molecule has 0 amide bonds. The standard InChI is InChI=1S/C6H15NO3.H3N.Na/c8-4-1-7(2-5-9)3-6-10;;/h8-10H,1-6H2;1H3;/q;;+1/p+1. The molecule has 70 valence electrons. The molecule has 0 aromatic carbocycles. The number of aliphatic hydroxyl groups is 3. The van der Waals surface area contributed by atoms with Crippen molar-refractivity contribution in [3.8, 4) is 0 Å². The second-order valence-electron chi connectivity index (χ2n) is 2.01. The van der Waals surface area contributed by atoms with Gasteiger partial charge in [0.05, 0.1) is 19.8 Å². The van der Waals surface area contributed by atoms with Gasteiger partial charge < -0.3 is 21.5 Å². The number of hydrogen-bond donors (Lipinski definition) is 4. The number of hydrogen-bond acceptors (Lipinski definition) is 4. The molecule has 12 heavy (non-hydrogen) atoms. The number of nitrogens with zero attached hydrogens (tertiary/aromatic N) is 1. The van der Waals surface area contributed by atoms with Crippen molar-refractivity contribution in [3.63, 3.8) is 0 Å². The van der Waals surface area contributed by atoms with Gasteiger partial charge in [0.2, 0.25) is 0 Å². The van der Waals surface area contributed by atoms with E-state index in [0.717, 1.165) is 0 Å². The Kier molecular flexibility index (Phi) is 22.2. The van der Waals surface area contributed by atoms with Crippen LogP contribution in [-0.4, -0.2) is 59.7 Å². The molecule has 0 bridgehead atoms. The van der Waals surface area contributed by atoms with Crippen LogP contribution in [0.1, 0.15) is 0 Å². The van der Waals surface area contributed by atoms with E-state index in [4.69, 9.17) is 15.3 Å². The molecular formula is C6H19N2NaO3+2. The van der Waals surface area contributed by atoms with Crippen molar-refractivity contribution in [1.82, 2.24) is 11.1 Å². The second-order valence-corrected chi connectivity index (χ2v) is 2.01. The van der Waals surface area contributed by atoms with E-state index in [1.54, 1.807) is 4.90 Å². The predicted molar refractivity (Wildman–Crippen MR) is 43.7 cm³/mol. The molecule has 0 aromatic heterocycles. The average molecular weight is 190 g/mol. The molecule has 0 aliphatic heterocycles. The zero-order chi connectivity index (χ0) is 7.82. The van der Waals surface area contributed by atoms with Crippen molar-refractivity contribution in [2.45, 2.75) is 0 Å². The third-order valence-corrected chi connectivity index (χ3v) is 1.25. The van der Waals surface area contributed by atoms with E-state index < -0.39 is 0 Å². The van der Waals surface area contributed by atoms with Crippen molar-refractivity contribution >= 4 is 0 Å². The Labute approximate surface area is 95.3 Å². The van der Waals surface area contributed by atoms with Gasteiger partial charge in [0.1, 0.15) is 0 Å². The summed E-state index contributed by atoms with van der Waals surface area (Å²) in [6.07, 6.45) is 0. The summed E-state index contributed by atoms with van der Waals surface area (Å²) in [5.41, 5.74) is 0. The topological polar surface area (TPSA) is 100 Å². The first kappa shape index (κ1) is 18.6. The molecule has 0 saturated heterocycles. The average Bonchev–Trinajstić information content (AvgIpc) is 1.90. The molecule has 6 heteroatoms. The normalized spacial score (nSPS) is 9.00. The molecule has 0 aromatic rings. The Hall–Kier alpha value is 0.800. The summed E-state index contributed by atoms with van der Waals surface area (Å²) in [6.45, 7) is 1.75. The Morgan fingerprint density at radius 1 is 0.750 bits per heavy atom. The van der Waals surface area contributed by atoms with Crippen LogP contribution in [0.2, 0.25) is 0 Å². The van der Waals surface area contributed by atoms with Gasteiger partial charge in [-0.25, -0.2) is 0 Å². The molecule has 0 radical (unpaired) electrons. The smallest absolute Gasteiger partial charge is 0.395 e. The van der Waals surface area contributed by atoms with E-state index >= 15 is 0 Å². The van der Waals surface area contributed by atoms with Gasteiger partial charge in [0.15, 0.2) is 0 Å². The van der Waals surface area contributed by atoms with Crippen LogP contribution in [0.5, 0.6) is 0 Å². The van der Waals surface area contributed by atoms with Crippen LogP contribution in [-0.2, 0) is 0 Å². The number of rotatable bonds is 6. The van der Waals surface area contributed by atoms with E-state index in [0.29, 0.717) is 19.6 Å². The molecule has 0 spiro atoms. The third kappa shape index (κ3) is 10.8. The first-order chi connectivity index (χ1) is 4.85. The summed E-state index contributed by atoms with van der Waals surface area (Å²) in [5.74, 6) is 0. The van der Waals surface area contributed by atoms with Crippen LogP contribution in [0.15, 0.2) is 0 Å². The predicted octanol–water partition coefficient (Wildman–Crippen LogP) is -4.35. The second kappa shape index (κ2) is 14.3. The van der Waals surface area contributed by atoms with Crippen molar-refractivity contribution in [1.29, 1.82) is 0 Å². The Morgan fingerprint density at radius 2 is 1.00 bits per heavy atom. The molecular weight excluding hydrogens is 171 g/mol. The minimum Gasteiger partial charge on any atom is -0.395 e. The Balaban J connectivity index is -0.000000405. The molecule has 0 unspecified atom stereocenters. The summed E-state index contributed by atoms with van der Waals surface area (Å²) in [7, 11) is 0. The van der Waals surface area contributed by atoms with E-state index in [1.807, 2.05) is 0 Å². The maximum atomic E-state index is 8.48.